The molecule has 0 aliphatic carbocycles. The Kier molecular flexibility index (Phi) is 8.17. The van der Waals surface area contributed by atoms with Crippen LogP contribution in [0.2, 0.25) is 0 Å². The van der Waals surface area contributed by atoms with Crippen LogP contribution in [-0.2, 0) is 0 Å². The first-order valence-electron chi connectivity index (χ1n) is 12.6. The molecule has 0 unspecified atom stereocenters. The molecular weight excluding hydrogens is 460 g/mol. The van der Waals surface area contributed by atoms with Crippen molar-refractivity contribution in [1.82, 2.24) is 14.5 Å². The predicted molar refractivity (Wildman–Crippen MR) is 148 cm³/mol. The Bertz CT molecular complexity index is 1440. The van der Waals surface area contributed by atoms with Gasteiger partial charge in [-0.05, 0) is 64.1 Å². The van der Waals surface area contributed by atoms with Crippen molar-refractivity contribution >= 4 is 0 Å². The number of nitriles is 1. The lowest BCUT2D eigenvalue weighted by atomic mass is 9.99. The molecule has 0 fully saturated rings. The van der Waals surface area contributed by atoms with Crippen molar-refractivity contribution in [2.24, 2.45) is 0 Å². The number of hydrogen-bond donors (Lipinski definition) is 0. The number of pyridine rings is 2. The SMILES string of the molecule is CC(C)N(CCOc1cccc(-n2cc(-c3ccccn3)cc(-c3ccccc3C#N)c2=O)c1)C(C)C. The van der Waals surface area contributed by atoms with Crippen LogP contribution in [0.5, 0.6) is 5.75 Å². The van der Waals surface area contributed by atoms with Crippen LogP contribution in [0.4, 0.5) is 0 Å². The number of aromatic nitrogens is 2. The molecular formula is C31H32N4O2. The molecule has 0 N–H and O–H groups in total. The van der Waals surface area contributed by atoms with E-state index in [-0.39, 0.29) is 5.56 Å². The summed E-state index contributed by atoms with van der Waals surface area (Å²) in [6.45, 7) is 10.1. The largest absolute Gasteiger partial charge is 0.492 e. The van der Waals surface area contributed by atoms with Gasteiger partial charge in [-0.2, -0.15) is 5.26 Å². The Balaban J connectivity index is 1.75. The van der Waals surface area contributed by atoms with Crippen molar-refractivity contribution in [3.63, 3.8) is 0 Å². The fourth-order valence-corrected chi connectivity index (χ4v) is 4.56. The molecule has 6 nitrogen and oxygen atoms in total. The van der Waals surface area contributed by atoms with Gasteiger partial charge in [-0.25, -0.2) is 0 Å². The number of benzene rings is 2. The topological polar surface area (TPSA) is 71.2 Å². The number of hydrogen-bond acceptors (Lipinski definition) is 5. The zero-order chi connectivity index (χ0) is 26.4. The second-order valence-corrected chi connectivity index (χ2v) is 9.46. The van der Waals surface area contributed by atoms with E-state index < -0.39 is 0 Å². The van der Waals surface area contributed by atoms with E-state index in [9.17, 15) is 10.1 Å². The molecule has 4 rings (SSSR count). The first kappa shape index (κ1) is 25.9. The summed E-state index contributed by atoms with van der Waals surface area (Å²) >= 11 is 0. The van der Waals surface area contributed by atoms with Crippen LogP contribution < -0.4 is 10.3 Å². The molecule has 2 aromatic carbocycles. The Morgan fingerprint density at radius 3 is 2.41 bits per heavy atom. The number of nitrogens with zero attached hydrogens (tertiary/aromatic N) is 4. The van der Waals surface area contributed by atoms with Gasteiger partial charge in [-0.15, -0.1) is 0 Å². The number of rotatable bonds is 9. The highest BCUT2D eigenvalue weighted by molar-refractivity contribution is 5.75. The summed E-state index contributed by atoms with van der Waals surface area (Å²) in [5.41, 5.74) is 3.46. The monoisotopic (exact) mass is 492 g/mol. The van der Waals surface area contributed by atoms with Gasteiger partial charge in [0.1, 0.15) is 12.4 Å². The second kappa shape index (κ2) is 11.7. The second-order valence-electron chi connectivity index (χ2n) is 9.46. The molecule has 2 heterocycles. The van der Waals surface area contributed by atoms with Gasteiger partial charge in [0.05, 0.1) is 23.0 Å². The fraction of sp³-hybridized carbons (Fsp3) is 0.258. The average Bonchev–Trinajstić information content (AvgIpc) is 2.91. The molecule has 0 bridgehead atoms. The molecule has 4 aromatic rings. The standard InChI is InChI=1S/C31H32N4O2/c1-22(2)34(23(3)4)16-17-37-27-12-9-11-26(19-27)35-21-25(30-14-7-8-15-33-30)18-29(31(35)36)28-13-6-5-10-24(28)20-32/h5-15,18-19,21-23H,16-17H2,1-4H3. The van der Waals surface area contributed by atoms with Crippen LogP contribution in [0.3, 0.4) is 0 Å². The Hall–Kier alpha value is -4.21. The fourth-order valence-electron chi connectivity index (χ4n) is 4.56. The maximum Gasteiger partial charge on any atom is 0.263 e. The molecule has 2 aromatic heterocycles. The lowest BCUT2D eigenvalue weighted by Crippen LogP contribution is -2.39. The minimum atomic E-state index is -0.217. The molecule has 0 saturated heterocycles. The predicted octanol–water partition coefficient (Wildman–Crippen LogP) is 5.94. The first-order valence-corrected chi connectivity index (χ1v) is 12.6. The highest BCUT2D eigenvalue weighted by atomic mass is 16.5. The van der Waals surface area contributed by atoms with Crippen LogP contribution in [0.15, 0.2) is 90.0 Å². The third-order valence-corrected chi connectivity index (χ3v) is 6.36. The van der Waals surface area contributed by atoms with Crippen molar-refractivity contribution in [3.8, 4) is 39.9 Å². The van der Waals surface area contributed by atoms with Crippen LogP contribution in [-0.4, -0.2) is 39.7 Å². The zero-order valence-electron chi connectivity index (χ0n) is 21.8. The minimum absolute atomic E-state index is 0.217. The Labute approximate surface area is 218 Å². The quantitative estimate of drug-likeness (QED) is 0.289. The first-order chi connectivity index (χ1) is 17.9. The van der Waals surface area contributed by atoms with Crippen molar-refractivity contribution in [2.75, 3.05) is 13.2 Å². The molecule has 0 saturated carbocycles. The number of ether oxygens (including phenoxy) is 1. The maximum absolute atomic E-state index is 13.8. The zero-order valence-corrected chi connectivity index (χ0v) is 21.8. The molecule has 0 spiro atoms. The van der Waals surface area contributed by atoms with Crippen molar-refractivity contribution < 1.29 is 4.74 Å². The van der Waals surface area contributed by atoms with Gasteiger partial charge >= 0.3 is 0 Å². The van der Waals surface area contributed by atoms with Gasteiger partial charge in [0.25, 0.3) is 5.56 Å². The average molecular weight is 493 g/mol. The van der Waals surface area contributed by atoms with Crippen molar-refractivity contribution in [1.29, 1.82) is 5.26 Å². The molecule has 0 radical (unpaired) electrons. The van der Waals surface area contributed by atoms with Crippen LogP contribution in [0.1, 0.15) is 33.3 Å². The molecule has 188 valence electrons. The highest BCUT2D eigenvalue weighted by Gasteiger charge is 2.16. The van der Waals surface area contributed by atoms with E-state index in [1.54, 1.807) is 35.2 Å². The van der Waals surface area contributed by atoms with Crippen LogP contribution >= 0.6 is 0 Å². The van der Waals surface area contributed by atoms with Crippen molar-refractivity contribution in [3.05, 3.63) is 101 Å². The lowest BCUT2D eigenvalue weighted by Gasteiger charge is -2.30. The Morgan fingerprint density at radius 1 is 0.946 bits per heavy atom. The molecule has 0 aliphatic heterocycles. The summed E-state index contributed by atoms with van der Waals surface area (Å²) in [6.07, 6.45) is 3.52. The van der Waals surface area contributed by atoms with Gasteiger partial charge < -0.3 is 4.74 Å². The van der Waals surface area contributed by atoms with Gasteiger partial charge in [-0.3, -0.25) is 19.2 Å². The van der Waals surface area contributed by atoms with E-state index in [1.807, 2.05) is 54.6 Å². The minimum Gasteiger partial charge on any atom is -0.492 e. The third kappa shape index (κ3) is 5.96. The Morgan fingerprint density at radius 2 is 1.70 bits per heavy atom. The molecule has 0 amide bonds. The van der Waals surface area contributed by atoms with Gasteiger partial charge in [0.2, 0.25) is 0 Å². The smallest absolute Gasteiger partial charge is 0.263 e. The molecule has 0 aliphatic rings. The summed E-state index contributed by atoms with van der Waals surface area (Å²) < 4.78 is 7.70. The van der Waals surface area contributed by atoms with E-state index in [1.165, 1.54) is 0 Å². The van der Waals surface area contributed by atoms with E-state index in [4.69, 9.17) is 4.74 Å². The van der Waals surface area contributed by atoms with Gasteiger partial charge in [-0.1, -0.05) is 30.3 Å². The third-order valence-electron chi connectivity index (χ3n) is 6.36. The summed E-state index contributed by atoms with van der Waals surface area (Å²) in [4.78, 5) is 20.6. The summed E-state index contributed by atoms with van der Waals surface area (Å²) in [5, 5.41) is 9.68. The van der Waals surface area contributed by atoms with E-state index in [2.05, 4.69) is 43.6 Å². The van der Waals surface area contributed by atoms with Gasteiger partial charge in [0, 0.05) is 53.8 Å². The molecule has 0 atom stereocenters. The van der Waals surface area contributed by atoms with E-state index in [0.717, 1.165) is 17.8 Å². The maximum atomic E-state index is 13.8. The molecule has 6 heteroatoms. The molecule has 37 heavy (non-hydrogen) atoms. The van der Waals surface area contributed by atoms with E-state index >= 15 is 0 Å². The van der Waals surface area contributed by atoms with Gasteiger partial charge in [0.15, 0.2) is 0 Å². The van der Waals surface area contributed by atoms with Crippen LogP contribution in [0.25, 0.3) is 28.1 Å². The highest BCUT2D eigenvalue weighted by Crippen LogP contribution is 2.27. The van der Waals surface area contributed by atoms with E-state index in [0.29, 0.717) is 46.8 Å². The van der Waals surface area contributed by atoms with Crippen molar-refractivity contribution in [2.45, 2.75) is 39.8 Å². The summed E-state index contributed by atoms with van der Waals surface area (Å²) in [5.74, 6) is 0.694. The normalized spacial score (nSPS) is 11.2. The summed E-state index contributed by atoms with van der Waals surface area (Å²) in [6, 6.07) is 25.2. The van der Waals surface area contributed by atoms with Crippen LogP contribution in [0, 0.1) is 11.3 Å². The summed E-state index contributed by atoms with van der Waals surface area (Å²) in [7, 11) is 0. The lowest BCUT2D eigenvalue weighted by molar-refractivity contribution is 0.142.